The molecule has 1 aromatic heterocycles. The van der Waals surface area contributed by atoms with Gasteiger partial charge in [-0.05, 0) is 37.6 Å². The molecule has 0 aliphatic carbocycles. The van der Waals surface area contributed by atoms with Gasteiger partial charge >= 0.3 is 11.8 Å². The van der Waals surface area contributed by atoms with E-state index in [0.717, 1.165) is 17.3 Å². The Kier molecular flexibility index (Phi) is 4.30. The lowest BCUT2D eigenvalue weighted by atomic mass is 10.2. The number of nitrogens with one attached hydrogen (secondary N) is 2. The Labute approximate surface area is 117 Å². The lowest BCUT2D eigenvalue weighted by Crippen LogP contribution is -2.40. The molecule has 0 bridgehead atoms. The number of hydrogen-bond acceptors (Lipinski definition) is 3. The highest BCUT2D eigenvalue weighted by Crippen LogP contribution is 2.20. The molecule has 0 saturated carbocycles. The molecule has 0 spiro atoms. The van der Waals surface area contributed by atoms with Crippen LogP contribution in [-0.4, -0.2) is 22.8 Å². The maximum Gasteiger partial charge on any atom is 0.313 e. The molecule has 20 heavy (non-hydrogen) atoms. The minimum atomic E-state index is -0.665. The third kappa shape index (κ3) is 3.12. The highest BCUT2D eigenvalue weighted by molar-refractivity contribution is 6.40. The Morgan fingerprint density at radius 2 is 2.00 bits per heavy atom. The summed E-state index contributed by atoms with van der Waals surface area (Å²) in [4.78, 5) is 27.8. The van der Waals surface area contributed by atoms with E-state index in [0.29, 0.717) is 5.69 Å². The van der Waals surface area contributed by atoms with Crippen molar-refractivity contribution in [3.05, 3.63) is 36.5 Å². The van der Waals surface area contributed by atoms with Crippen molar-refractivity contribution < 1.29 is 9.59 Å². The van der Waals surface area contributed by atoms with Crippen LogP contribution in [0, 0.1) is 0 Å². The first-order valence-corrected chi connectivity index (χ1v) is 6.57. The second-order valence-electron chi connectivity index (χ2n) is 4.61. The number of benzene rings is 1. The number of nitrogens with zero attached hydrogens (tertiary/aromatic N) is 1. The van der Waals surface area contributed by atoms with Crippen LogP contribution >= 0.6 is 0 Å². The van der Waals surface area contributed by atoms with E-state index in [4.69, 9.17) is 0 Å². The molecule has 0 unspecified atom stereocenters. The van der Waals surface area contributed by atoms with Crippen LogP contribution in [-0.2, 0) is 9.59 Å². The molecule has 1 atom stereocenters. The Balaban J connectivity index is 2.16. The van der Waals surface area contributed by atoms with Crippen molar-refractivity contribution in [2.75, 3.05) is 5.32 Å². The van der Waals surface area contributed by atoms with Crippen molar-refractivity contribution in [2.45, 2.75) is 26.3 Å². The Morgan fingerprint density at radius 3 is 2.75 bits per heavy atom. The molecule has 2 amide bonds. The third-order valence-corrected chi connectivity index (χ3v) is 3.09. The number of pyridine rings is 1. The zero-order valence-corrected chi connectivity index (χ0v) is 11.5. The molecule has 0 saturated heterocycles. The van der Waals surface area contributed by atoms with Gasteiger partial charge in [-0.2, -0.15) is 0 Å². The second-order valence-corrected chi connectivity index (χ2v) is 4.61. The standard InChI is InChI=1S/C15H17N3O2/c1-3-10(2)17-14(19)15(20)18-13-8-4-7-12-11(13)6-5-9-16-12/h4-10H,3H2,1-2H3,(H,17,19)(H,18,20)/t10-/m0/s1. The maximum atomic E-state index is 11.9. The van der Waals surface area contributed by atoms with E-state index in [1.165, 1.54) is 0 Å². The van der Waals surface area contributed by atoms with Crippen molar-refractivity contribution in [1.29, 1.82) is 0 Å². The van der Waals surface area contributed by atoms with Crippen molar-refractivity contribution in [2.24, 2.45) is 0 Å². The summed E-state index contributed by atoms with van der Waals surface area (Å²) in [6.45, 7) is 3.80. The van der Waals surface area contributed by atoms with Gasteiger partial charge in [-0.3, -0.25) is 14.6 Å². The van der Waals surface area contributed by atoms with Crippen LogP contribution in [0.1, 0.15) is 20.3 Å². The molecular formula is C15H17N3O2. The molecule has 1 aromatic carbocycles. The van der Waals surface area contributed by atoms with E-state index in [2.05, 4.69) is 15.6 Å². The predicted molar refractivity (Wildman–Crippen MR) is 78.3 cm³/mol. The van der Waals surface area contributed by atoms with Gasteiger partial charge in [0.05, 0.1) is 11.2 Å². The molecule has 0 aliphatic rings. The lowest BCUT2D eigenvalue weighted by molar-refractivity contribution is -0.136. The Morgan fingerprint density at radius 1 is 1.20 bits per heavy atom. The minimum Gasteiger partial charge on any atom is -0.345 e. The molecule has 1 heterocycles. The number of amides is 2. The first-order chi connectivity index (χ1) is 9.61. The van der Waals surface area contributed by atoms with Gasteiger partial charge in [0.1, 0.15) is 0 Å². The predicted octanol–water partition coefficient (Wildman–Crippen LogP) is 2.09. The van der Waals surface area contributed by atoms with Gasteiger partial charge in [0.2, 0.25) is 0 Å². The molecule has 2 rings (SSSR count). The number of rotatable bonds is 3. The van der Waals surface area contributed by atoms with Crippen LogP contribution in [0.15, 0.2) is 36.5 Å². The number of fused-ring (bicyclic) bond motifs is 1. The summed E-state index contributed by atoms with van der Waals surface area (Å²) in [6.07, 6.45) is 2.46. The topological polar surface area (TPSA) is 71.1 Å². The summed E-state index contributed by atoms with van der Waals surface area (Å²) in [7, 11) is 0. The lowest BCUT2D eigenvalue weighted by Gasteiger charge is -2.12. The molecule has 2 N–H and O–H groups in total. The third-order valence-electron chi connectivity index (χ3n) is 3.09. The second kappa shape index (κ2) is 6.14. The monoisotopic (exact) mass is 271 g/mol. The number of hydrogen-bond donors (Lipinski definition) is 2. The number of aromatic nitrogens is 1. The highest BCUT2D eigenvalue weighted by Gasteiger charge is 2.16. The minimum absolute atomic E-state index is 0.0255. The quantitative estimate of drug-likeness (QED) is 0.840. The SMILES string of the molecule is CC[C@H](C)NC(=O)C(=O)Nc1cccc2ncccc12. The van der Waals surface area contributed by atoms with Gasteiger partial charge in [0, 0.05) is 17.6 Å². The van der Waals surface area contributed by atoms with Gasteiger partial charge < -0.3 is 10.6 Å². The first-order valence-electron chi connectivity index (χ1n) is 6.57. The van der Waals surface area contributed by atoms with E-state index in [-0.39, 0.29) is 6.04 Å². The van der Waals surface area contributed by atoms with Gasteiger partial charge in [-0.1, -0.05) is 13.0 Å². The van der Waals surface area contributed by atoms with Crippen molar-refractivity contribution in [3.63, 3.8) is 0 Å². The van der Waals surface area contributed by atoms with Gasteiger partial charge in [-0.25, -0.2) is 0 Å². The van der Waals surface area contributed by atoms with Crippen LogP contribution < -0.4 is 10.6 Å². The average Bonchev–Trinajstić information content (AvgIpc) is 2.47. The number of carbonyl (C=O) groups excluding carboxylic acids is 2. The fraction of sp³-hybridized carbons (Fsp3) is 0.267. The molecule has 0 radical (unpaired) electrons. The average molecular weight is 271 g/mol. The Hall–Kier alpha value is -2.43. The van der Waals surface area contributed by atoms with Gasteiger partial charge in [0.15, 0.2) is 0 Å². The summed E-state index contributed by atoms with van der Waals surface area (Å²) in [6, 6.07) is 9.00. The summed E-state index contributed by atoms with van der Waals surface area (Å²) < 4.78 is 0. The van der Waals surface area contributed by atoms with Crippen molar-refractivity contribution in [1.82, 2.24) is 10.3 Å². The van der Waals surface area contributed by atoms with Crippen molar-refractivity contribution >= 4 is 28.4 Å². The maximum absolute atomic E-state index is 11.9. The molecule has 5 nitrogen and oxygen atoms in total. The first kappa shape index (κ1) is 14.0. The molecular weight excluding hydrogens is 254 g/mol. The van der Waals surface area contributed by atoms with Crippen LogP contribution in [0.25, 0.3) is 10.9 Å². The van der Waals surface area contributed by atoms with Crippen LogP contribution in [0.3, 0.4) is 0 Å². The molecule has 0 aliphatic heterocycles. The van der Waals surface area contributed by atoms with Crippen LogP contribution in [0.2, 0.25) is 0 Å². The largest absolute Gasteiger partial charge is 0.345 e. The number of anilines is 1. The van der Waals surface area contributed by atoms with Crippen LogP contribution in [0.4, 0.5) is 5.69 Å². The van der Waals surface area contributed by atoms with Gasteiger partial charge in [-0.15, -0.1) is 0 Å². The summed E-state index contributed by atoms with van der Waals surface area (Å²) in [5.74, 6) is -1.29. The fourth-order valence-electron chi connectivity index (χ4n) is 1.78. The normalized spacial score (nSPS) is 11.9. The summed E-state index contributed by atoms with van der Waals surface area (Å²) in [5.41, 5.74) is 1.35. The molecule has 0 fully saturated rings. The molecule has 2 aromatic rings. The summed E-state index contributed by atoms with van der Waals surface area (Å²) >= 11 is 0. The smallest absolute Gasteiger partial charge is 0.313 e. The van der Waals surface area contributed by atoms with Crippen molar-refractivity contribution in [3.8, 4) is 0 Å². The highest BCUT2D eigenvalue weighted by atomic mass is 16.2. The zero-order chi connectivity index (χ0) is 14.5. The Bertz CT molecular complexity index is 635. The fourth-order valence-corrected chi connectivity index (χ4v) is 1.78. The molecule has 5 heteroatoms. The van der Waals surface area contributed by atoms with E-state index >= 15 is 0 Å². The summed E-state index contributed by atoms with van der Waals surface area (Å²) in [5, 5.41) is 6.06. The van der Waals surface area contributed by atoms with E-state index < -0.39 is 11.8 Å². The number of carbonyl (C=O) groups is 2. The van der Waals surface area contributed by atoms with E-state index in [1.807, 2.05) is 26.0 Å². The zero-order valence-electron chi connectivity index (χ0n) is 11.5. The van der Waals surface area contributed by atoms with Crippen LogP contribution in [0.5, 0.6) is 0 Å². The molecule has 104 valence electrons. The van der Waals surface area contributed by atoms with Gasteiger partial charge in [0.25, 0.3) is 0 Å². The van der Waals surface area contributed by atoms with E-state index in [9.17, 15) is 9.59 Å². The van der Waals surface area contributed by atoms with E-state index in [1.54, 1.807) is 24.4 Å².